The zero-order chi connectivity index (χ0) is 14.7. The Morgan fingerprint density at radius 1 is 1.55 bits per heavy atom. The number of rotatable bonds is 6. The minimum Gasteiger partial charge on any atom is -0.455 e. The summed E-state index contributed by atoms with van der Waals surface area (Å²) in [5.74, 6) is -1.82. The topological polar surface area (TPSA) is 53.7 Å². The lowest BCUT2D eigenvalue weighted by Gasteiger charge is -2.34. The summed E-state index contributed by atoms with van der Waals surface area (Å²) in [4.78, 5) is 13.6. The van der Waals surface area contributed by atoms with Gasteiger partial charge in [0.15, 0.2) is 5.76 Å². The third-order valence-corrected chi connectivity index (χ3v) is 4.02. The third-order valence-electron chi connectivity index (χ3n) is 3.31. The summed E-state index contributed by atoms with van der Waals surface area (Å²) in [5, 5.41) is 9.21. The van der Waals surface area contributed by atoms with Gasteiger partial charge in [-0.25, -0.2) is 0 Å². The van der Waals surface area contributed by atoms with Crippen LogP contribution in [0.1, 0.15) is 29.2 Å². The van der Waals surface area contributed by atoms with Gasteiger partial charge in [0.1, 0.15) is 5.76 Å². The number of hydrogen-bond acceptors (Lipinski definition) is 4. The molecule has 1 aromatic rings. The van der Waals surface area contributed by atoms with Crippen LogP contribution in [0.5, 0.6) is 0 Å². The van der Waals surface area contributed by atoms with E-state index in [1.165, 1.54) is 6.07 Å². The van der Waals surface area contributed by atoms with Crippen LogP contribution in [0, 0.1) is 5.92 Å². The van der Waals surface area contributed by atoms with Gasteiger partial charge < -0.3 is 14.4 Å². The maximum Gasteiger partial charge on any atom is 0.289 e. The van der Waals surface area contributed by atoms with Gasteiger partial charge >= 0.3 is 0 Å². The number of aliphatic hydroxyl groups is 1. The Bertz CT molecular complexity index is 460. The molecule has 1 aromatic heterocycles. The molecule has 1 amide bonds. The molecular weight excluding hydrogens is 288 g/mol. The third kappa shape index (κ3) is 3.96. The van der Waals surface area contributed by atoms with E-state index in [1.807, 2.05) is 0 Å². The van der Waals surface area contributed by atoms with E-state index in [9.17, 15) is 18.7 Å². The van der Waals surface area contributed by atoms with Crippen LogP contribution in [0.15, 0.2) is 16.5 Å². The Labute approximate surface area is 120 Å². The first-order chi connectivity index (χ1) is 9.45. The van der Waals surface area contributed by atoms with Gasteiger partial charge in [-0.1, -0.05) is 11.8 Å². The highest BCUT2D eigenvalue weighted by Crippen LogP contribution is 2.28. The van der Waals surface area contributed by atoms with Gasteiger partial charge in [0.25, 0.3) is 11.7 Å². The zero-order valence-electron chi connectivity index (χ0n) is 11.1. The second kappa shape index (κ2) is 6.58. The van der Waals surface area contributed by atoms with Crippen molar-refractivity contribution in [2.45, 2.75) is 30.5 Å². The fourth-order valence-electron chi connectivity index (χ4n) is 2.22. The molecule has 2 rings (SSSR count). The smallest absolute Gasteiger partial charge is 0.289 e. The Morgan fingerprint density at radius 2 is 2.25 bits per heavy atom. The number of carbonyl (C=O) groups is 1. The maximum atomic E-state index is 12.1. The van der Waals surface area contributed by atoms with Gasteiger partial charge in [0.05, 0.1) is 11.9 Å². The summed E-state index contributed by atoms with van der Waals surface area (Å²) in [5.41, 5.74) is 0. The normalized spacial score (nSPS) is 21.9. The molecule has 1 aliphatic carbocycles. The molecule has 0 unspecified atom stereocenters. The van der Waals surface area contributed by atoms with Crippen LogP contribution >= 0.6 is 11.8 Å². The van der Waals surface area contributed by atoms with E-state index in [1.54, 1.807) is 18.0 Å². The molecule has 0 aromatic carbocycles. The number of furan rings is 1. The maximum absolute atomic E-state index is 12.1. The lowest BCUT2D eigenvalue weighted by Crippen LogP contribution is -2.39. The van der Waals surface area contributed by atoms with Crippen molar-refractivity contribution in [3.63, 3.8) is 0 Å². The van der Waals surface area contributed by atoms with Crippen LogP contribution < -0.4 is 0 Å². The second-order valence-corrected chi connectivity index (χ2v) is 5.99. The van der Waals surface area contributed by atoms with E-state index in [4.69, 9.17) is 4.42 Å². The van der Waals surface area contributed by atoms with Crippen molar-refractivity contribution in [1.82, 2.24) is 4.90 Å². The van der Waals surface area contributed by atoms with E-state index >= 15 is 0 Å². The fraction of sp³-hybridized carbons (Fsp3) is 0.615. The van der Waals surface area contributed by atoms with Crippen LogP contribution in [0.4, 0.5) is 8.78 Å². The molecule has 0 atom stereocenters. The molecule has 112 valence electrons. The average molecular weight is 305 g/mol. The molecule has 1 N–H and O–H groups in total. The number of thioether (sulfide) groups is 1. The Balaban J connectivity index is 1.85. The predicted octanol–water partition coefficient (Wildman–Crippen LogP) is 2.58. The quantitative estimate of drug-likeness (QED) is 0.877. The number of halogens is 2. The summed E-state index contributed by atoms with van der Waals surface area (Å²) in [6, 6.07) is 3.05. The van der Waals surface area contributed by atoms with Gasteiger partial charge in [-0.05, 0) is 30.9 Å². The van der Waals surface area contributed by atoms with Crippen molar-refractivity contribution in [2.24, 2.45) is 5.92 Å². The van der Waals surface area contributed by atoms with E-state index in [0.29, 0.717) is 42.8 Å². The second-order valence-electron chi connectivity index (χ2n) is 5.01. The monoisotopic (exact) mass is 305 g/mol. The number of hydrogen-bond donors (Lipinski definition) is 1. The highest BCUT2D eigenvalue weighted by Gasteiger charge is 2.29. The van der Waals surface area contributed by atoms with Crippen molar-refractivity contribution < 1.29 is 23.1 Å². The summed E-state index contributed by atoms with van der Waals surface area (Å²) >= 11 is 0.462. The molecule has 7 heteroatoms. The van der Waals surface area contributed by atoms with E-state index in [2.05, 4.69) is 0 Å². The number of carbonyl (C=O) groups excluding carboxylic acids is 1. The van der Waals surface area contributed by atoms with Gasteiger partial charge in [-0.2, -0.15) is 8.78 Å². The lowest BCUT2D eigenvalue weighted by molar-refractivity contribution is 0.0257. The highest BCUT2D eigenvalue weighted by atomic mass is 32.2. The molecular formula is C13H17F2NO3S. The van der Waals surface area contributed by atoms with Gasteiger partial charge in [0, 0.05) is 13.6 Å². The first kappa shape index (κ1) is 15.3. The molecule has 0 spiro atoms. The molecule has 0 aliphatic heterocycles. The van der Waals surface area contributed by atoms with E-state index in [-0.39, 0.29) is 23.5 Å². The van der Waals surface area contributed by atoms with Crippen molar-refractivity contribution in [2.75, 3.05) is 13.6 Å². The molecule has 1 fully saturated rings. The fourth-order valence-corrected chi connectivity index (χ4v) is 2.67. The van der Waals surface area contributed by atoms with Crippen LogP contribution in [0.2, 0.25) is 0 Å². The average Bonchev–Trinajstić information content (AvgIpc) is 2.82. The number of nitrogens with zero attached hydrogens (tertiary/aromatic N) is 1. The Morgan fingerprint density at radius 3 is 2.85 bits per heavy atom. The zero-order valence-corrected chi connectivity index (χ0v) is 11.9. The predicted molar refractivity (Wildman–Crippen MR) is 71.7 cm³/mol. The number of alkyl halides is 2. The molecule has 1 aliphatic rings. The summed E-state index contributed by atoms with van der Waals surface area (Å²) in [7, 11) is 1.67. The molecule has 20 heavy (non-hydrogen) atoms. The molecule has 1 heterocycles. The molecule has 0 bridgehead atoms. The largest absolute Gasteiger partial charge is 0.455 e. The number of amides is 1. The van der Waals surface area contributed by atoms with Crippen molar-refractivity contribution in [1.29, 1.82) is 0 Å². The molecule has 0 saturated heterocycles. The minimum absolute atomic E-state index is 0.0451. The van der Waals surface area contributed by atoms with Gasteiger partial charge in [0.2, 0.25) is 0 Å². The van der Waals surface area contributed by atoms with Crippen LogP contribution in [-0.2, 0) is 5.75 Å². The van der Waals surface area contributed by atoms with E-state index < -0.39 is 5.76 Å². The van der Waals surface area contributed by atoms with Crippen molar-refractivity contribution in [3.05, 3.63) is 23.7 Å². The Hall–Kier alpha value is -1.08. The van der Waals surface area contributed by atoms with Crippen molar-refractivity contribution in [3.8, 4) is 0 Å². The molecule has 4 nitrogen and oxygen atoms in total. The van der Waals surface area contributed by atoms with Gasteiger partial charge in [-0.3, -0.25) is 4.79 Å². The lowest BCUT2D eigenvalue weighted by atomic mass is 9.82. The molecule has 1 saturated carbocycles. The molecule has 0 radical (unpaired) electrons. The van der Waals surface area contributed by atoms with E-state index in [0.717, 1.165) is 0 Å². The van der Waals surface area contributed by atoms with Crippen LogP contribution in [0.3, 0.4) is 0 Å². The summed E-state index contributed by atoms with van der Waals surface area (Å²) in [6.07, 6.45) is 1.18. The highest BCUT2D eigenvalue weighted by molar-refractivity contribution is 7.98. The number of aliphatic hydroxyl groups excluding tert-OH is 1. The SMILES string of the molecule is CN(CC1CC(O)C1)C(=O)c1ccc(CSC(F)F)o1. The first-order valence-corrected chi connectivity index (χ1v) is 7.42. The summed E-state index contributed by atoms with van der Waals surface area (Å²) in [6.45, 7) is 0.567. The van der Waals surface area contributed by atoms with Crippen molar-refractivity contribution >= 4 is 17.7 Å². The minimum atomic E-state index is -2.45. The van der Waals surface area contributed by atoms with Crippen LogP contribution in [0.25, 0.3) is 0 Å². The first-order valence-electron chi connectivity index (χ1n) is 6.37. The Kier molecular flexibility index (Phi) is 5.04. The van der Waals surface area contributed by atoms with Gasteiger partial charge in [-0.15, -0.1) is 0 Å². The van der Waals surface area contributed by atoms with Crippen LogP contribution in [-0.4, -0.2) is 41.4 Å². The summed E-state index contributed by atoms with van der Waals surface area (Å²) < 4.78 is 29.4. The standard InChI is InChI=1S/C13H17F2NO3S/c1-16(6-8-4-9(17)5-8)12(18)11-3-2-10(19-11)7-20-13(14)15/h2-3,8-9,13,17H,4-7H2,1H3.